The van der Waals surface area contributed by atoms with E-state index in [2.05, 4.69) is 35.0 Å². The van der Waals surface area contributed by atoms with E-state index < -0.39 is 0 Å². The molecule has 1 fully saturated rings. The molecule has 1 aliphatic rings. The molecule has 0 aromatic carbocycles. The summed E-state index contributed by atoms with van der Waals surface area (Å²) in [7, 11) is 0. The van der Waals surface area contributed by atoms with Crippen molar-refractivity contribution in [3.63, 3.8) is 0 Å². The molecule has 0 radical (unpaired) electrons. The molecule has 4 aromatic rings. The van der Waals surface area contributed by atoms with Crippen molar-refractivity contribution in [1.82, 2.24) is 35.0 Å². The van der Waals surface area contributed by atoms with Crippen molar-refractivity contribution in [1.29, 1.82) is 0 Å². The quantitative estimate of drug-likeness (QED) is 0.516. The highest BCUT2D eigenvalue weighted by molar-refractivity contribution is 5.61. The maximum atomic E-state index is 5.62. The average molecular weight is 385 g/mol. The van der Waals surface area contributed by atoms with E-state index in [4.69, 9.17) is 4.52 Å². The van der Waals surface area contributed by atoms with Crippen molar-refractivity contribution in [2.75, 3.05) is 6.54 Å². The predicted molar refractivity (Wildman–Crippen MR) is 105 cm³/mol. The average Bonchev–Trinajstić information content (AvgIpc) is 3.45. The molecule has 1 saturated heterocycles. The summed E-state index contributed by atoms with van der Waals surface area (Å²) in [5.41, 5.74) is 3.72. The van der Waals surface area contributed by atoms with Gasteiger partial charge in [0.25, 0.3) is 0 Å². The van der Waals surface area contributed by atoms with Crippen LogP contribution in [-0.2, 0) is 6.54 Å². The second-order valence-corrected chi connectivity index (χ2v) is 7.00. The fraction of sp³-hybridized carbons (Fsp3) is 0.238. The third kappa shape index (κ3) is 3.74. The van der Waals surface area contributed by atoms with Crippen molar-refractivity contribution < 1.29 is 4.52 Å². The van der Waals surface area contributed by atoms with Crippen LogP contribution in [0.3, 0.4) is 0 Å². The zero-order valence-corrected chi connectivity index (χ0v) is 15.7. The highest BCUT2D eigenvalue weighted by Crippen LogP contribution is 2.33. The van der Waals surface area contributed by atoms with Crippen molar-refractivity contribution in [2.24, 2.45) is 0 Å². The Morgan fingerprint density at radius 1 is 0.966 bits per heavy atom. The standard InChI is InChI=1S/C21H19N7O/c1-2-19(28(9-1)13-15-5-7-22-8-6-15)21-26-20(27-29-21)16-3-4-18(25-12-16)17-10-23-14-24-11-17/h3-8,10-12,14,19H,1-2,9,13H2. The predicted octanol–water partition coefficient (Wildman–Crippen LogP) is 3.32. The number of hydrogen-bond donors (Lipinski definition) is 0. The van der Waals surface area contributed by atoms with Crippen molar-refractivity contribution in [2.45, 2.75) is 25.4 Å². The third-order valence-corrected chi connectivity index (χ3v) is 5.10. The van der Waals surface area contributed by atoms with Gasteiger partial charge in [0.2, 0.25) is 11.7 Å². The van der Waals surface area contributed by atoms with E-state index in [1.807, 2.05) is 36.7 Å². The van der Waals surface area contributed by atoms with Crippen LogP contribution in [0.5, 0.6) is 0 Å². The molecule has 5 rings (SSSR count). The molecule has 5 heterocycles. The summed E-state index contributed by atoms with van der Waals surface area (Å²) < 4.78 is 5.62. The second-order valence-electron chi connectivity index (χ2n) is 7.00. The van der Waals surface area contributed by atoms with Gasteiger partial charge in [-0.3, -0.25) is 14.9 Å². The maximum absolute atomic E-state index is 5.62. The summed E-state index contributed by atoms with van der Waals surface area (Å²) >= 11 is 0. The van der Waals surface area contributed by atoms with E-state index >= 15 is 0 Å². The Balaban J connectivity index is 1.33. The van der Waals surface area contributed by atoms with Gasteiger partial charge in [-0.05, 0) is 49.2 Å². The molecule has 0 N–H and O–H groups in total. The molecule has 144 valence electrons. The van der Waals surface area contributed by atoms with E-state index in [0.29, 0.717) is 11.7 Å². The monoisotopic (exact) mass is 385 g/mol. The summed E-state index contributed by atoms with van der Waals surface area (Å²) in [4.78, 5) is 23.7. The molecule has 1 unspecified atom stereocenters. The van der Waals surface area contributed by atoms with Gasteiger partial charge in [-0.15, -0.1) is 0 Å². The lowest BCUT2D eigenvalue weighted by molar-refractivity contribution is 0.201. The highest BCUT2D eigenvalue weighted by atomic mass is 16.5. The third-order valence-electron chi connectivity index (χ3n) is 5.10. The minimum atomic E-state index is 0.137. The van der Waals surface area contributed by atoms with E-state index in [-0.39, 0.29) is 6.04 Å². The van der Waals surface area contributed by atoms with Gasteiger partial charge in [-0.1, -0.05) is 5.16 Å². The fourth-order valence-corrected chi connectivity index (χ4v) is 3.63. The molecule has 1 atom stereocenters. The van der Waals surface area contributed by atoms with E-state index in [1.165, 1.54) is 11.9 Å². The summed E-state index contributed by atoms with van der Waals surface area (Å²) in [5.74, 6) is 1.21. The molecule has 0 amide bonds. The Hall–Kier alpha value is -3.52. The molecule has 0 spiro atoms. The van der Waals surface area contributed by atoms with Crippen LogP contribution in [0.2, 0.25) is 0 Å². The maximum Gasteiger partial charge on any atom is 0.244 e. The van der Waals surface area contributed by atoms with E-state index in [0.717, 1.165) is 42.8 Å². The van der Waals surface area contributed by atoms with Crippen LogP contribution < -0.4 is 0 Å². The number of hydrogen-bond acceptors (Lipinski definition) is 8. The van der Waals surface area contributed by atoms with E-state index in [9.17, 15) is 0 Å². The van der Waals surface area contributed by atoms with Gasteiger partial charge in [0.15, 0.2) is 0 Å². The van der Waals surface area contributed by atoms with Gasteiger partial charge in [-0.2, -0.15) is 4.98 Å². The lowest BCUT2D eigenvalue weighted by atomic mass is 10.2. The lowest BCUT2D eigenvalue weighted by Gasteiger charge is -2.21. The lowest BCUT2D eigenvalue weighted by Crippen LogP contribution is -2.23. The molecule has 4 aromatic heterocycles. The molecule has 0 saturated carbocycles. The highest BCUT2D eigenvalue weighted by Gasteiger charge is 2.30. The van der Waals surface area contributed by atoms with Crippen molar-refractivity contribution in [3.05, 3.63) is 73.0 Å². The zero-order chi connectivity index (χ0) is 19.5. The number of pyridine rings is 2. The molecule has 0 aliphatic carbocycles. The first-order chi connectivity index (χ1) is 14.4. The van der Waals surface area contributed by atoms with Crippen LogP contribution in [0.4, 0.5) is 0 Å². The number of nitrogens with zero attached hydrogens (tertiary/aromatic N) is 7. The Bertz CT molecular complexity index is 1070. The van der Waals surface area contributed by atoms with Crippen LogP contribution in [0.15, 0.2) is 66.1 Å². The van der Waals surface area contributed by atoms with Crippen LogP contribution in [0.1, 0.15) is 30.3 Å². The van der Waals surface area contributed by atoms with Gasteiger partial charge in [0.1, 0.15) is 6.33 Å². The van der Waals surface area contributed by atoms with Crippen LogP contribution in [0.25, 0.3) is 22.6 Å². The number of likely N-dealkylation sites (tertiary alicyclic amines) is 1. The molecular weight excluding hydrogens is 366 g/mol. The Kier molecular flexibility index (Phi) is 4.75. The van der Waals surface area contributed by atoms with Crippen molar-refractivity contribution in [3.8, 4) is 22.6 Å². The van der Waals surface area contributed by atoms with Crippen molar-refractivity contribution >= 4 is 0 Å². The fourth-order valence-electron chi connectivity index (χ4n) is 3.63. The zero-order valence-electron chi connectivity index (χ0n) is 15.7. The van der Waals surface area contributed by atoms with E-state index in [1.54, 1.807) is 18.6 Å². The minimum absolute atomic E-state index is 0.137. The first-order valence-electron chi connectivity index (χ1n) is 9.55. The molecule has 1 aliphatic heterocycles. The minimum Gasteiger partial charge on any atom is -0.337 e. The van der Waals surface area contributed by atoms with Crippen LogP contribution in [0, 0.1) is 0 Å². The molecule has 29 heavy (non-hydrogen) atoms. The topological polar surface area (TPSA) is 93.7 Å². The number of rotatable bonds is 5. The summed E-state index contributed by atoms with van der Waals surface area (Å²) in [6.07, 6.45) is 12.5. The normalized spacial score (nSPS) is 16.9. The SMILES string of the molecule is c1cc(CN2CCCC2c2nc(-c3ccc(-c4cncnc4)nc3)no2)ccn1. The van der Waals surface area contributed by atoms with Crippen LogP contribution in [-0.4, -0.2) is 41.5 Å². The van der Waals surface area contributed by atoms with Gasteiger partial charge in [0, 0.05) is 48.7 Å². The second kappa shape index (κ2) is 7.84. The smallest absolute Gasteiger partial charge is 0.244 e. The Morgan fingerprint density at radius 3 is 2.62 bits per heavy atom. The van der Waals surface area contributed by atoms with Gasteiger partial charge in [0.05, 0.1) is 11.7 Å². The van der Waals surface area contributed by atoms with Gasteiger partial charge < -0.3 is 4.52 Å². The molecule has 0 bridgehead atoms. The Morgan fingerprint density at radius 2 is 1.83 bits per heavy atom. The first kappa shape index (κ1) is 17.6. The number of aromatic nitrogens is 6. The Labute approximate surface area is 167 Å². The molecule has 8 nitrogen and oxygen atoms in total. The van der Waals surface area contributed by atoms with Crippen LogP contribution >= 0.6 is 0 Å². The summed E-state index contributed by atoms with van der Waals surface area (Å²) in [5, 5.41) is 4.19. The molecular formula is C21H19N7O. The first-order valence-corrected chi connectivity index (χ1v) is 9.55. The van der Waals surface area contributed by atoms with Gasteiger partial charge >= 0.3 is 0 Å². The summed E-state index contributed by atoms with van der Waals surface area (Å²) in [6.45, 7) is 1.86. The largest absolute Gasteiger partial charge is 0.337 e. The molecule has 8 heteroatoms. The summed E-state index contributed by atoms with van der Waals surface area (Å²) in [6, 6.07) is 8.07. The van der Waals surface area contributed by atoms with Gasteiger partial charge in [-0.25, -0.2) is 9.97 Å².